The van der Waals surface area contributed by atoms with Crippen molar-refractivity contribution in [2.24, 2.45) is 0 Å². The molecular weight excluding hydrogens is 440 g/mol. The molecule has 5 aromatic rings. The first-order valence-corrected chi connectivity index (χ1v) is 11.2. The Morgan fingerprint density at radius 1 is 1.03 bits per heavy atom. The Labute approximate surface area is 201 Å². The van der Waals surface area contributed by atoms with Crippen molar-refractivity contribution in [3.05, 3.63) is 113 Å². The Hall–Kier alpha value is -4.74. The molecule has 4 heterocycles. The van der Waals surface area contributed by atoms with Gasteiger partial charge < -0.3 is 10.1 Å². The number of nitrogens with one attached hydrogen (secondary N) is 1. The number of imidazole rings is 1. The van der Waals surface area contributed by atoms with Crippen molar-refractivity contribution in [3.63, 3.8) is 0 Å². The van der Waals surface area contributed by atoms with Crippen LogP contribution in [-0.4, -0.2) is 36.9 Å². The molecule has 1 aliphatic heterocycles. The minimum atomic E-state index is -0.283. The number of nitrogens with zero attached hydrogens (tertiary/aromatic N) is 5. The third kappa shape index (κ3) is 4.16. The number of rotatable bonds is 3. The molecule has 35 heavy (non-hydrogen) atoms. The predicted molar refractivity (Wildman–Crippen MR) is 130 cm³/mol. The van der Waals surface area contributed by atoms with Crippen molar-refractivity contribution in [2.75, 3.05) is 11.9 Å². The van der Waals surface area contributed by atoms with Gasteiger partial charge in [-0.1, -0.05) is 42.3 Å². The molecule has 8 nitrogen and oxygen atoms in total. The van der Waals surface area contributed by atoms with Crippen LogP contribution in [0.4, 0.5) is 5.69 Å². The van der Waals surface area contributed by atoms with Crippen molar-refractivity contribution >= 4 is 17.2 Å². The number of carbonyl (C=O) groups is 1. The molecule has 0 spiro atoms. The minimum absolute atomic E-state index is 0.244. The lowest BCUT2D eigenvalue weighted by molar-refractivity contribution is 0.0421. The molecule has 0 bridgehead atoms. The number of anilines is 1. The first-order valence-electron chi connectivity index (χ1n) is 11.2. The maximum atomic E-state index is 13.0. The van der Waals surface area contributed by atoms with Gasteiger partial charge in [0.15, 0.2) is 11.3 Å². The van der Waals surface area contributed by atoms with E-state index in [1.165, 1.54) is 0 Å². The van der Waals surface area contributed by atoms with Gasteiger partial charge in [-0.15, -0.1) is 0 Å². The van der Waals surface area contributed by atoms with E-state index in [0.717, 1.165) is 22.5 Å². The SMILES string of the molecule is O=C(Nc1cccc(C#Cc2cnc3cccnn23)c1)c1cc2n(n1)CCOC2c1ccccc1. The number of benzene rings is 2. The average Bonchev–Trinajstić information content (AvgIpc) is 3.53. The van der Waals surface area contributed by atoms with Gasteiger partial charge in [0, 0.05) is 17.4 Å². The van der Waals surface area contributed by atoms with Gasteiger partial charge in [0.1, 0.15) is 11.8 Å². The van der Waals surface area contributed by atoms with Crippen LogP contribution in [0.2, 0.25) is 0 Å². The maximum absolute atomic E-state index is 13.0. The smallest absolute Gasteiger partial charge is 0.276 e. The monoisotopic (exact) mass is 460 g/mol. The van der Waals surface area contributed by atoms with E-state index in [4.69, 9.17) is 4.74 Å². The molecule has 0 saturated heterocycles. The van der Waals surface area contributed by atoms with Gasteiger partial charge >= 0.3 is 0 Å². The number of ether oxygens (including phenoxy) is 1. The summed E-state index contributed by atoms with van der Waals surface area (Å²) in [6, 6.07) is 22.8. The normalized spacial score (nSPS) is 14.7. The predicted octanol–water partition coefficient (Wildman–Crippen LogP) is 3.70. The summed E-state index contributed by atoms with van der Waals surface area (Å²) in [4.78, 5) is 17.3. The molecular formula is C27H20N6O2. The third-order valence-corrected chi connectivity index (χ3v) is 5.74. The minimum Gasteiger partial charge on any atom is -0.365 e. The Morgan fingerprint density at radius 2 is 1.94 bits per heavy atom. The number of amides is 1. The largest absolute Gasteiger partial charge is 0.365 e. The molecule has 2 aromatic carbocycles. The molecule has 3 aromatic heterocycles. The van der Waals surface area contributed by atoms with E-state index < -0.39 is 0 Å². The van der Waals surface area contributed by atoms with Crippen LogP contribution in [0.3, 0.4) is 0 Å². The van der Waals surface area contributed by atoms with E-state index in [-0.39, 0.29) is 12.0 Å². The van der Waals surface area contributed by atoms with Crippen LogP contribution in [0, 0.1) is 11.8 Å². The lowest BCUT2D eigenvalue weighted by Crippen LogP contribution is -2.22. The van der Waals surface area contributed by atoms with Gasteiger partial charge in [-0.2, -0.15) is 10.2 Å². The van der Waals surface area contributed by atoms with E-state index in [2.05, 4.69) is 32.3 Å². The van der Waals surface area contributed by atoms with E-state index in [1.54, 1.807) is 23.0 Å². The fraction of sp³-hybridized carbons (Fsp3) is 0.111. The lowest BCUT2D eigenvalue weighted by atomic mass is 10.1. The fourth-order valence-corrected chi connectivity index (χ4v) is 4.09. The molecule has 8 heteroatoms. The van der Waals surface area contributed by atoms with Crippen LogP contribution in [-0.2, 0) is 11.3 Å². The summed E-state index contributed by atoms with van der Waals surface area (Å²) >= 11 is 0. The zero-order valence-corrected chi connectivity index (χ0v) is 18.6. The molecule has 0 saturated carbocycles. The molecule has 0 aliphatic carbocycles. The number of hydrogen-bond acceptors (Lipinski definition) is 5. The second-order valence-corrected chi connectivity index (χ2v) is 8.06. The number of aromatic nitrogens is 5. The topological polar surface area (TPSA) is 86.3 Å². The van der Waals surface area contributed by atoms with Gasteiger partial charge in [0.2, 0.25) is 0 Å². The number of fused-ring (bicyclic) bond motifs is 2. The summed E-state index contributed by atoms with van der Waals surface area (Å²) in [5.41, 5.74) is 5.07. The van der Waals surface area contributed by atoms with Gasteiger partial charge in [-0.05, 0) is 47.9 Å². The highest BCUT2D eigenvalue weighted by Gasteiger charge is 2.26. The first-order chi connectivity index (χ1) is 17.2. The Kier molecular flexibility index (Phi) is 5.29. The van der Waals surface area contributed by atoms with Crippen molar-refractivity contribution in [1.29, 1.82) is 0 Å². The van der Waals surface area contributed by atoms with Gasteiger partial charge in [0.05, 0.1) is 25.0 Å². The highest BCUT2D eigenvalue weighted by Crippen LogP contribution is 2.29. The van der Waals surface area contributed by atoms with Crippen LogP contribution < -0.4 is 5.32 Å². The summed E-state index contributed by atoms with van der Waals surface area (Å²) < 4.78 is 9.52. The van der Waals surface area contributed by atoms with Crippen LogP contribution in [0.25, 0.3) is 5.65 Å². The van der Waals surface area contributed by atoms with Gasteiger partial charge in [0.25, 0.3) is 5.91 Å². The fourth-order valence-electron chi connectivity index (χ4n) is 4.09. The number of carbonyl (C=O) groups excluding carboxylic acids is 1. The van der Waals surface area contributed by atoms with E-state index >= 15 is 0 Å². The van der Waals surface area contributed by atoms with Crippen molar-refractivity contribution in [3.8, 4) is 11.8 Å². The van der Waals surface area contributed by atoms with Crippen LogP contribution in [0.5, 0.6) is 0 Å². The second-order valence-electron chi connectivity index (χ2n) is 8.06. The summed E-state index contributed by atoms with van der Waals surface area (Å²) in [6.45, 7) is 1.15. The Balaban J connectivity index is 1.21. The zero-order chi connectivity index (χ0) is 23.6. The molecule has 1 unspecified atom stereocenters. The molecule has 170 valence electrons. The highest BCUT2D eigenvalue weighted by atomic mass is 16.5. The second kappa shape index (κ2) is 8.89. The standard InChI is InChI=1S/C27H20N6O2/c34-27(23-17-24-26(20-7-2-1-3-8-20)35-15-14-32(24)31-23)30-21-9-4-6-19(16-21)11-12-22-18-28-25-10-5-13-29-33(22)25/h1-10,13,16-18,26H,14-15H2,(H,30,34). The lowest BCUT2D eigenvalue weighted by Gasteiger charge is -2.24. The van der Waals surface area contributed by atoms with Gasteiger partial charge in [-0.3, -0.25) is 9.48 Å². The Bertz CT molecular complexity index is 1590. The molecule has 1 N–H and O–H groups in total. The molecule has 1 atom stereocenters. The van der Waals surface area contributed by atoms with E-state index in [9.17, 15) is 4.79 Å². The number of hydrogen-bond donors (Lipinski definition) is 1. The summed E-state index contributed by atoms with van der Waals surface area (Å²) in [5.74, 6) is 5.93. The van der Waals surface area contributed by atoms with E-state index in [0.29, 0.717) is 30.2 Å². The first kappa shape index (κ1) is 20.8. The summed E-state index contributed by atoms with van der Waals surface area (Å²) in [7, 11) is 0. The summed E-state index contributed by atoms with van der Waals surface area (Å²) in [5, 5.41) is 11.7. The zero-order valence-electron chi connectivity index (χ0n) is 18.6. The van der Waals surface area contributed by atoms with Crippen molar-refractivity contribution in [2.45, 2.75) is 12.6 Å². The average molecular weight is 460 g/mol. The maximum Gasteiger partial charge on any atom is 0.276 e. The van der Waals surface area contributed by atoms with Crippen LogP contribution in [0.15, 0.2) is 85.2 Å². The molecule has 1 amide bonds. The quantitative estimate of drug-likeness (QED) is 0.415. The highest BCUT2D eigenvalue weighted by molar-refractivity contribution is 6.03. The summed E-state index contributed by atoms with van der Waals surface area (Å²) in [6.07, 6.45) is 3.14. The molecule has 1 aliphatic rings. The Morgan fingerprint density at radius 3 is 2.86 bits per heavy atom. The van der Waals surface area contributed by atoms with Crippen molar-refractivity contribution in [1.82, 2.24) is 24.4 Å². The van der Waals surface area contributed by atoms with Gasteiger partial charge in [-0.25, -0.2) is 9.50 Å². The van der Waals surface area contributed by atoms with E-state index in [1.807, 2.05) is 71.4 Å². The van der Waals surface area contributed by atoms with Crippen LogP contribution in [0.1, 0.15) is 39.1 Å². The van der Waals surface area contributed by atoms with Crippen molar-refractivity contribution < 1.29 is 9.53 Å². The van der Waals surface area contributed by atoms with Crippen LogP contribution >= 0.6 is 0 Å². The third-order valence-electron chi connectivity index (χ3n) is 5.74. The molecule has 6 rings (SSSR count). The molecule has 0 radical (unpaired) electrons. The molecule has 0 fully saturated rings.